The van der Waals surface area contributed by atoms with Crippen LogP contribution in [0.1, 0.15) is 25.8 Å². The van der Waals surface area contributed by atoms with Crippen LogP contribution in [0.25, 0.3) is 0 Å². The van der Waals surface area contributed by atoms with Crippen LogP contribution in [0.2, 0.25) is 0 Å². The molecule has 0 saturated carbocycles. The lowest BCUT2D eigenvalue weighted by Crippen LogP contribution is -2.32. The van der Waals surface area contributed by atoms with Crippen LogP contribution in [0.15, 0.2) is 17.0 Å². The first-order valence-corrected chi connectivity index (χ1v) is 7.59. The second-order valence-electron chi connectivity index (χ2n) is 4.40. The Kier molecular flexibility index (Phi) is 5.20. The fourth-order valence-corrected chi connectivity index (χ4v) is 3.14. The summed E-state index contributed by atoms with van der Waals surface area (Å²) in [7, 11) is -0.664. The fraction of sp³-hybridized carbons (Fsp3) is 0.538. The van der Waals surface area contributed by atoms with E-state index in [0.717, 1.165) is 5.56 Å². The lowest BCUT2D eigenvalue weighted by atomic mass is 10.2. The van der Waals surface area contributed by atoms with Crippen molar-refractivity contribution in [1.82, 2.24) is 4.72 Å². The molecular weight excluding hydrogens is 266 g/mol. The average Bonchev–Trinajstić information content (AvgIpc) is 2.37. The maximum atomic E-state index is 12.3. The average molecular weight is 287 g/mol. The van der Waals surface area contributed by atoms with Crippen molar-refractivity contribution in [2.75, 3.05) is 14.2 Å². The standard InChI is InChI=1S/C13H21NO4S/c1-6-10(3)14-19(15,16)13-8-11(17-4)9(2)7-12(13)18-5/h7-8,10,14H,6H2,1-5H3/t10-/m0/s1. The lowest BCUT2D eigenvalue weighted by molar-refractivity contribution is 0.389. The molecule has 0 fully saturated rings. The van der Waals surface area contributed by atoms with Crippen LogP contribution in [0, 0.1) is 6.92 Å². The van der Waals surface area contributed by atoms with Crippen LogP contribution < -0.4 is 14.2 Å². The van der Waals surface area contributed by atoms with Gasteiger partial charge in [0.2, 0.25) is 10.0 Å². The molecule has 0 spiro atoms. The molecule has 0 unspecified atom stereocenters. The third-order valence-electron chi connectivity index (χ3n) is 2.94. The molecule has 0 aliphatic rings. The van der Waals surface area contributed by atoms with Gasteiger partial charge in [0, 0.05) is 12.1 Å². The zero-order valence-corrected chi connectivity index (χ0v) is 12.8. The van der Waals surface area contributed by atoms with Crippen LogP contribution in [0.4, 0.5) is 0 Å². The van der Waals surface area contributed by atoms with Crippen molar-refractivity contribution < 1.29 is 17.9 Å². The maximum absolute atomic E-state index is 12.3. The molecule has 1 aromatic carbocycles. The Hall–Kier alpha value is -1.27. The highest BCUT2D eigenvalue weighted by Crippen LogP contribution is 2.31. The highest BCUT2D eigenvalue weighted by molar-refractivity contribution is 7.89. The molecule has 0 amide bonds. The van der Waals surface area contributed by atoms with E-state index in [1.54, 1.807) is 6.07 Å². The number of methoxy groups -OCH3 is 2. The van der Waals surface area contributed by atoms with Gasteiger partial charge in [0.05, 0.1) is 14.2 Å². The van der Waals surface area contributed by atoms with Gasteiger partial charge in [-0.15, -0.1) is 0 Å². The largest absolute Gasteiger partial charge is 0.496 e. The summed E-state index contributed by atoms with van der Waals surface area (Å²) in [5.41, 5.74) is 0.821. The van der Waals surface area contributed by atoms with Gasteiger partial charge in [-0.25, -0.2) is 13.1 Å². The van der Waals surface area contributed by atoms with E-state index in [0.29, 0.717) is 17.9 Å². The molecule has 0 aliphatic carbocycles. The molecule has 19 heavy (non-hydrogen) atoms. The van der Waals surface area contributed by atoms with Crippen LogP contribution >= 0.6 is 0 Å². The number of aryl methyl sites for hydroxylation is 1. The van der Waals surface area contributed by atoms with E-state index in [4.69, 9.17) is 9.47 Å². The Morgan fingerprint density at radius 2 is 1.79 bits per heavy atom. The summed E-state index contributed by atoms with van der Waals surface area (Å²) in [5.74, 6) is 0.833. The molecule has 1 aromatic rings. The van der Waals surface area contributed by atoms with Crippen LogP contribution in [-0.4, -0.2) is 28.7 Å². The first-order valence-electron chi connectivity index (χ1n) is 6.10. The van der Waals surface area contributed by atoms with Gasteiger partial charge in [0.1, 0.15) is 16.4 Å². The third-order valence-corrected chi connectivity index (χ3v) is 4.55. The van der Waals surface area contributed by atoms with Crippen LogP contribution in [0.5, 0.6) is 11.5 Å². The second kappa shape index (κ2) is 6.25. The van der Waals surface area contributed by atoms with Gasteiger partial charge in [-0.05, 0) is 31.9 Å². The molecule has 0 aromatic heterocycles. The SMILES string of the molecule is CC[C@H](C)NS(=O)(=O)c1cc(OC)c(C)cc1OC. The summed E-state index contributed by atoms with van der Waals surface area (Å²) in [6.45, 7) is 5.56. The molecule has 0 heterocycles. The molecular formula is C13H21NO4S. The number of rotatable bonds is 6. The number of nitrogens with one attached hydrogen (secondary N) is 1. The minimum atomic E-state index is -3.62. The van der Waals surface area contributed by atoms with Crippen molar-refractivity contribution in [3.05, 3.63) is 17.7 Å². The zero-order valence-electron chi connectivity index (χ0n) is 12.0. The van der Waals surface area contributed by atoms with E-state index in [2.05, 4.69) is 4.72 Å². The van der Waals surface area contributed by atoms with Crippen molar-refractivity contribution in [2.24, 2.45) is 0 Å². The summed E-state index contributed by atoms with van der Waals surface area (Å²) in [4.78, 5) is 0.0951. The molecule has 5 nitrogen and oxygen atoms in total. The predicted octanol–water partition coefficient (Wildman–Crippen LogP) is 2.09. The first-order chi connectivity index (χ1) is 8.85. The normalized spacial score (nSPS) is 13.1. The summed E-state index contributed by atoms with van der Waals surface area (Å²) in [5, 5.41) is 0. The Balaban J connectivity index is 3.32. The molecule has 6 heteroatoms. The van der Waals surface area contributed by atoms with Gasteiger partial charge in [0.15, 0.2) is 0 Å². The Labute approximate surface area is 115 Å². The summed E-state index contributed by atoms with van der Waals surface area (Å²) >= 11 is 0. The van der Waals surface area contributed by atoms with Gasteiger partial charge in [-0.1, -0.05) is 6.92 Å². The number of sulfonamides is 1. The Bertz CT molecular complexity index is 540. The fourth-order valence-electron chi connectivity index (χ4n) is 1.64. The van der Waals surface area contributed by atoms with E-state index in [1.165, 1.54) is 20.3 Å². The molecule has 1 atom stereocenters. The van der Waals surface area contributed by atoms with Crippen molar-refractivity contribution in [2.45, 2.75) is 38.1 Å². The number of ether oxygens (including phenoxy) is 2. The summed E-state index contributed by atoms with van der Waals surface area (Å²) in [6, 6.07) is 3.00. The van der Waals surface area contributed by atoms with E-state index in [1.807, 2.05) is 20.8 Å². The quantitative estimate of drug-likeness (QED) is 0.870. The summed E-state index contributed by atoms with van der Waals surface area (Å²) in [6.07, 6.45) is 0.713. The van der Waals surface area contributed by atoms with Crippen molar-refractivity contribution >= 4 is 10.0 Å². The van der Waals surface area contributed by atoms with Crippen LogP contribution in [0.3, 0.4) is 0 Å². The van der Waals surface area contributed by atoms with E-state index >= 15 is 0 Å². The molecule has 1 N–H and O–H groups in total. The zero-order chi connectivity index (χ0) is 14.6. The topological polar surface area (TPSA) is 64.6 Å². The Morgan fingerprint density at radius 1 is 1.21 bits per heavy atom. The second-order valence-corrected chi connectivity index (χ2v) is 6.09. The molecule has 0 bridgehead atoms. The number of hydrogen-bond donors (Lipinski definition) is 1. The smallest absolute Gasteiger partial charge is 0.244 e. The van der Waals surface area contributed by atoms with E-state index in [-0.39, 0.29) is 10.9 Å². The van der Waals surface area contributed by atoms with Gasteiger partial charge < -0.3 is 9.47 Å². The Morgan fingerprint density at radius 3 is 2.26 bits per heavy atom. The van der Waals surface area contributed by atoms with Crippen molar-refractivity contribution in [3.8, 4) is 11.5 Å². The van der Waals surface area contributed by atoms with E-state index in [9.17, 15) is 8.42 Å². The van der Waals surface area contributed by atoms with Gasteiger partial charge >= 0.3 is 0 Å². The summed E-state index contributed by atoms with van der Waals surface area (Å²) < 4.78 is 37.5. The highest BCUT2D eigenvalue weighted by Gasteiger charge is 2.23. The minimum absolute atomic E-state index is 0.0951. The maximum Gasteiger partial charge on any atom is 0.244 e. The van der Waals surface area contributed by atoms with Crippen LogP contribution in [-0.2, 0) is 10.0 Å². The number of benzene rings is 1. The lowest BCUT2D eigenvalue weighted by Gasteiger charge is -2.16. The van der Waals surface area contributed by atoms with Gasteiger partial charge in [-0.3, -0.25) is 0 Å². The van der Waals surface area contributed by atoms with Crippen molar-refractivity contribution in [1.29, 1.82) is 0 Å². The monoisotopic (exact) mass is 287 g/mol. The number of hydrogen-bond acceptors (Lipinski definition) is 4. The molecule has 108 valence electrons. The minimum Gasteiger partial charge on any atom is -0.496 e. The highest BCUT2D eigenvalue weighted by atomic mass is 32.2. The predicted molar refractivity (Wildman–Crippen MR) is 74.4 cm³/mol. The molecule has 0 aliphatic heterocycles. The third kappa shape index (κ3) is 3.61. The van der Waals surface area contributed by atoms with Crippen molar-refractivity contribution in [3.63, 3.8) is 0 Å². The molecule has 0 saturated heterocycles. The van der Waals surface area contributed by atoms with Gasteiger partial charge in [-0.2, -0.15) is 0 Å². The van der Waals surface area contributed by atoms with Gasteiger partial charge in [0.25, 0.3) is 0 Å². The van der Waals surface area contributed by atoms with E-state index < -0.39 is 10.0 Å². The molecule has 1 rings (SSSR count). The molecule has 0 radical (unpaired) electrons. The first kappa shape index (κ1) is 15.8.